The topological polar surface area (TPSA) is 141 Å². The number of imidazole rings is 1. The zero-order valence-electron chi connectivity index (χ0n) is 22.3. The lowest BCUT2D eigenvalue weighted by Gasteiger charge is -2.33. The van der Waals surface area contributed by atoms with Gasteiger partial charge in [-0.3, -0.25) is 32.7 Å². The monoisotopic (exact) mass is 552 g/mol. The van der Waals surface area contributed by atoms with Gasteiger partial charge in [-0.05, 0) is 50.1 Å². The number of aromatic nitrogens is 4. The SMILES string of the molecule is CCn1c(=O)n(C)c2cc(NC(=O)CO)c(C(=O)N3CCC(n4c(=O)c5cc(F)ccc5n(C)c4=O)CC3)cc21. The van der Waals surface area contributed by atoms with E-state index in [9.17, 15) is 33.5 Å². The number of amides is 2. The number of halogens is 1. The second-order valence-corrected chi connectivity index (χ2v) is 9.88. The third-order valence-corrected chi connectivity index (χ3v) is 7.63. The first-order valence-electron chi connectivity index (χ1n) is 12.9. The number of anilines is 1. The van der Waals surface area contributed by atoms with Gasteiger partial charge in [0.2, 0.25) is 5.91 Å². The predicted octanol–water partition coefficient (Wildman–Crippen LogP) is 0.921. The van der Waals surface area contributed by atoms with Crippen molar-refractivity contribution >= 4 is 39.4 Å². The minimum Gasteiger partial charge on any atom is -0.387 e. The number of piperidine rings is 1. The van der Waals surface area contributed by atoms with Gasteiger partial charge in [0, 0.05) is 39.8 Å². The highest BCUT2D eigenvalue weighted by Crippen LogP contribution is 2.28. The van der Waals surface area contributed by atoms with Crippen molar-refractivity contribution in [3.8, 4) is 0 Å². The summed E-state index contributed by atoms with van der Waals surface area (Å²) in [5.41, 5.74) is 0.300. The average Bonchev–Trinajstić information content (AvgIpc) is 3.19. The van der Waals surface area contributed by atoms with Crippen LogP contribution < -0.4 is 22.3 Å². The molecule has 13 heteroatoms. The highest BCUT2D eigenvalue weighted by molar-refractivity contribution is 6.07. The summed E-state index contributed by atoms with van der Waals surface area (Å²) in [5, 5.41) is 11.9. The van der Waals surface area contributed by atoms with Crippen molar-refractivity contribution in [3.05, 3.63) is 73.0 Å². The molecule has 0 spiro atoms. The number of carbonyl (C=O) groups is 2. The van der Waals surface area contributed by atoms with Crippen LogP contribution in [0.5, 0.6) is 0 Å². The standard InChI is InChI=1S/C27H29FN6O6/c1-4-33-22-12-17(19(29-23(36)14-35)13-21(22)31(3)26(33)39)24(37)32-9-7-16(8-10-32)34-25(38)18-11-15(28)5-6-20(18)30(2)27(34)40/h5-6,11-13,16,35H,4,7-10,14H2,1-3H3,(H,29,36). The first-order chi connectivity index (χ1) is 19.1. The molecule has 1 saturated heterocycles. The van der Waals surface area contributed by atoms with Gasteiger partial charge in [0.05, 0.1) is 33.2 Å². The zero-order chi connectivity index (χ0) is 28.9. The summed E-state index contributed by atoms with van der Waals surface area (Å²) in [4.78, 5) is 66.2. The van der Waals surface area contributed by atoms with Crippen LogP contribution in [0, 0.1) is 5.82 Å². The predicted molar refractivity (Wildman–Crippen MR) is 146 cm³/mol. The van der Waals surface area contributed by atoms with E-state index in [2.05, 4.69) is 5.32 Å². The highest BCUT2D eigenvalue weighted by Gasteiger charge is 2.29. The summed E-state index contributed by atoms with van der Waals surface area (Å²) >= 11 is 0. The first-order valence-corrected chi connectivity index (χ1v) is 12.9. The van der Waals surface area contributed by atoms with E-state index in [0.29, 0.717) is 35.9 Å². The quantitative estimate of drug-likeness (QED) is 0.377. The summed E-state index contributed by atoms with van der Waals surface area (Å²) in [6.07, 6.45) is 0.598. The molecule has 2 N–H and O–H groups in total. The molecule has 210 valence electrons. The second kappa shape index (κ2) is 10.2. The number of rotatable bonds is 5. The van der Waals surface area contributed by atoms with Crippen LogP contribution in [-0.2, 0) is 25.4 Å². The third kappa shape index (κ3) is 4.31. The Labute approximate surface area is 226 Å². The number of fused-ring (bicyclic) bond motifs is 2. The summed E-state index contributed by atoms with van der Waals surface area (Å²) in [5.74, 6) is -1.70. The Balaban J connectivity index is 1.48. The molecule has 40 heavy (non-hydrogen) atoms. The van der Waals surface area contributed by atoms with Gasteiger partial charge in [-0.25, -0.2) is 14.0 Å². The lowest BCUT2D eigenvalue weighted by atomic mass is 10.0. The van der Waals surface area contributed by atoms with Gasteiger partial charge in [-0.15, -0.1) is 0 Å². The van der Waals surface area contributed by atoms with E-state index in [1.54, 1.807) is 18.0 Å². The summed E-state index contributed by atoms with van der Waals surface area (Å²) in [7, 11) is 3.11. The van der Waals surface area contributed by atoms with Crippen LogP contribution in [-0.4, -0.2) is 59.8 Å². The molecule has 0 atom stereocenters. The number of nitrogens with one attached hydrogen (secondary N) is 1. The maximum atomic E-state index is 13.9. The minimum atomic E-state index is -0.786. The molecule has 1 fully saturated rings. The maximum absolute atomic E-state index is 13.9. The minimum absolute atomic E-state index is 0.100. The highest BCUT2D eigenvalue weighted by atomic mass is 19.1. The van der Waals surface area contributed by atoms with E-state index in [0.717, 1.165) is 10.6 Å². The van der Waals surface area contributed by atoms with Crippen LogP contribution in [0.15, 0.2) is 44.7 Å². The molecule has 2 aromatic heterocycles. The van der Waals surface area contributed by atoms with Crippen molar-refractivity contribution in [2.24, 2.45) is 14.1 Å². The van der Waals surface area contributed by atoms with Crippen LogP contribution in [0.1, 0.15) is 36.2 Å². The maximum Gasteiger partial charge on any atom is 0.331 e. The smallest absolute Gasteiger partial charge is 0.331 e. The molecule has 4 aromatic rings. The largest absolute Gasteiger partial charge is 0.387 e. The lowest BCUT2D eigenvalue weighted by Crippen LogP contribution is -2.46. The molecule has 0 bridgehead atoms. The van der Waals surface area contributed by atoms with Crippen molar-refractivity contribution in [2.75, 3.05) is 25.0 Å². The number of aryl methyl sites for hydroxylation is 3. The molecule has 1 aliphatic heterocycles. The molecule has 12 nitrogen and oxygen atoms in total. The molecule has 0 saturated carbocycles. The fourth-order valence-electron chi connectivity index (χ4n) is 5.50. The average molecular weight is 553 g/mol. The van der Waals surface area contributed by atoms with Gasteiger partial charge >= 0.3 is 11.4 Å². The normalized spacial score (nSPS) is 14.3. The van der Waals surface area contributed by atoms with Gasteiger partial charge in [0.25, 0.3) is 11.5 Å². The number of aliphatic hydroxyl groups is 1. The van der Waals surface area contributed by atoms with Crippen LogP contribution in [0.2, 0.25) is 0 Å². The van der Waals surface area contributed by atoms with Crippen LogP contribution in [0.25, 0.3) is 21.9 Å². The Morgan fingerprint density at radius 1 is 0.975 bits per heavy atom. The number of aliphatic hydroxyl groups excluding tert-OH is 1. The number of carbonyl (C=O) groups excluding carboxylic acids is 2. The molecule has 2 amide bonds. The Bertz CT molecular complexity index is 1860. The van der Waals surface area contributed by atoms with Gasteiger partial charge < -0.3 is 15.3 Å². The number of likely N-dealkylation sites (tertiary alicyclic amines) is 1. The Morgan fingerprint density at radius 2 is 1.65 bits per heavy atom. The van der Waals surface area contributed by atoms with E-state index in [1.165, 1.54) is 38.9 Å². The number of hydrogen-bond acceptors (Lipinski definition) is 6. The molecule has 0 aliphatic carbocycles. The Kier molecular flexibility index (Phi) is 6.92. The first kappa shape index (κ1) is 27.1. The van der Waals surface area contributed by atoms with E-state index < -0.39 is 41.5 Å². The van der Waals surface area contributed by atoms with E-state index in [-0.39, 0.29) is 35.4 Å². The Morgan fingerprint density at radius 3 is 2.30 bits per heavy atom. The molecule has 1 aliphatic rings. The summed E-state index contributed by atoms with van der Waals surface area (Å²) < 4.78 is 19.3. The molecule has 2 aromatic carbocycles. The van der Waals surface area contributed by atoms with Gasteiger partial charge in [0.15, 0.2) is 0 Å². The fourth-order valence-corrected chi connectivity index (χ4v) is 5.50. The number of benzene rings is 2. The zero-order valence-corrected chi connectivity index (χ0v) is 22.3. The van der Waals surface area contributed by atoms with Crippen molar-refractivity contribution in [3.63, 3.8) is 0 Å². The number of nitrogens with zero attached hydrogens (tertiary/aromatic N) is 5. The van der Waals surface area contributed by atoms with Crippen molar-refractivity contribution < 1.29 is 19.1 Å². The van der Waals surface area contributed by atoms with Gasteiger partial charge in [0.1, 0.15) is 12.4 Å². The Hall–Kier alpha value is -4.52. The van der Waals surface area contributed by atoms with Crippen molar-refractivity contribution in [1.29, 1.82) is 0 Å². The van der Waals surface area contributed by atoms with Crippen LogP contribution in [0.3, 0.4) is 0 Å². The lowest BCUT2D eigenvalue weighted by molar-refractivity contribution is -0.118. The third-order valence-electron chi connectivity index (χ3n) is 7.63. The van der Waals surface area contributed by atoms with Crippen molar-refractivity contribution in [2.45, 2.75) is 32.4 Å². The molecular weight excluding hydrogens is 523 g/mol. The summed E-state index contributed by atoms with van der Waals surface area (Å²) in [6.45, 7) is 1.81. The number of hydrogen-bond donors (Lipinski definition) is 2. The summed E-state index contributed by atoms with van der Waals surface area (Å²) in [6, 6.07) is 6.30. The second-order valence-electron chi connectivity index (χ2n) is 9.88. The van der Waals surface area contributed by atoms with Gasteiger partial charge in [-0.2, -0.15) is 0 Å². The van der Waals surface area contributed by atoms with E-state index in [1.807, 2.05) is 6.92 Å². The van der Waals surface area contributed by atoms with Crippen molar-refractivity contribution in [1.82, 2.24) is 23.2 Å². The fraction of sp³-hybridized carbons (Fsp3) is 0.370. The molecular formula is C27H29FN6O6. The van der Waals surface area contributed by atoms with E-state index in [4.69, 9.17) is 0 Å². The van der Waals surface area contributed by atoms with Gasteiger partial charge in [-0.1, -0.05) is 0 Å². The van der Waals surface area contributed by atoms with Crippen LogP contribution in [0.4, 0.5) is 10.1 Å². The van der Waals surface area contributed by atoms with Crippen LogP contribution >= 0.6 is 0 Å². The molecule has 0 radical (unpaired) electrons. The van der Waals surface area contributed by atoms with E-state index >= 15 is 0 Å². The molecule has 5 rings (SSSR count). The molecule has 3 heterocycles. The molecule has 0 unspecified atom stereocenters.